The van der Waals surface area contributed by atoms with Crippen LogP contribution in [0.25, 0.3) is 5.57 Å². The summed E-state index contributed by atoms with van der Waals surface area (Å²) in [6.07, 6.45) is -2.01. The van der Waals surface area contributed by atoms with Crippen LogP contribution in [0.5, 0.6) is 11.5 Å². The van der Waals surface area contributed by atoms with E-state index in [0.29, 0.717) is 17.1 Å². The van der Waals surface area contributed by atoms with Crippen molar-refractivity contribution in [1.29, 1.82) is 0 Å². The van der Waals surface area contributed by atoms with Gasteiger partial charge >= 0.3 is 0 Å². The van der Waals surface area contributed by atoms with Gasteiger partial charge < -0.3 is 29.4 Å². The van der Waals surface area contributed by atoms with E-state index in [2.05, 4.69) is 5.32 Å². The maximum atomic E-state index is 13.0. The summed E-state index contributed by atoms with van der Waals surface area (Å²) in [7, 11) is 0. The number of aliphatic hydroxyl groups is 1. The van der Waals surface area contributed by atoms with E-state index in [1.165, 1.54) is 11.8 Å². The van der Waals surface area contributed by atoms with Gasteiger partial charge in [-0.15, -0.1) is 0 Å². The maximum absolute atomic E-state index is 13.0. The average Bonchev–Trinajstić information content (AvgIpc) is 3.34. The molecule has 0 bridgehead atoms. The monoisotopic (exact) mass is 439 g/mol. The molecule has 31 heavy (non-hydrogen) atoms. The summed E-state index contributed by atoms with van der Waals surface area (Å²) in [5.41, 5.74) is 2.05. The molecule has 1 amide bonds. The molecule has 0 saturated carbocycles. The van der Waals surface area contributed by atoms with Gasteiger partial charge in [-0.25, -0.2) is 0 Å². The van der Waals surface area contributed by atoms with Gasteiger partial charge in [-0.05, 0) is 49.2 Å². The van der Waals surface area contributed by atoms with Crippen LogP contribution in [0.3, 0.4) is 0 Å². The fourth-order valence-electron chi connectivity index (χ4n) is 4.70. The van der Waals surface area contributed by atoms with Gasteiger partial charge in [-0.3, -0.25) is 4.79 Å². The Kier molecular flexibility index (Phi) is 4.17. The molecule has 2 aromatic carbocycles. The van der Waals surface area contributed by atoms with Crippen molar-refractivity contribution in [3.8, 4) is 11.5 Å². The summed E-state index contributed by atoms with van der Waals surface area (Å²) in [6.45, 7) is 3.75. The summed E-state index contributed by atoms with van der Waals surface area (Å²) < 4.78 is 23.3. The van der Waals surface area contributed by atoms with Gasteiger partial charge in [-0.1, -0.05) is 30.0 Å². The molecule has 0 spiro atoms. The summed E-state index contributed by atoms with van der Waals surface area (Å²) in [6, 6.07) is 12.9. The molecule has 3 heterocycles. The number of thioether (sulfide) groups is 1. The first-order valence-electron chi connectivity index (χ1n) is 10.2. The second-order valence-corrected chi connectivity index (χ2v) is 9.52. The highest BCUT2D eigenvalue weighted by Gasteiger charge is 2.56. The number of ether oxygens (including phenoxy) is 4. The molecule has 0 radical (unpaired) electrons. The maximum Gasteiger partial charge on any atom is 0.252 e. The molecule has 8 heteroatoms. The molecule has 7 nitrogen and oxygen atoms in total. The molecule has 1 saturated heterocycles. The number of rotatable bonds is 2. The van der Waals surface area contributed by atoms with Crippen LogP contribution in [0.2, 0.25) is 0 Å². The van der Waals surface area contributed by atoms with Crippen molar-refractivity contribution >= 4 is 23.2 Å². The Morgan fingerprint density at radius 3 is 2.45 bits per heavy atom. The minimum atomic E-state index is -0.906. The summed E-state index contributed by atoms with van der Waals surface area (Å²) >= 11 is 1.48. The van der Waals surface area contributed by atoms with Gasteiger partial charge in [0.15, 0.2) is 17.3 Å². The van der Waals surface area contributed by atoms with Crippen LogP contribution in [-0.2, 0) is 9.47 Å². The van der Waals surface area contributed by atoms with Crippen molar-refractivity contribution in [2.45, 2.75) is 48.9 Å². The van der Waals surface area contributed by atoms with E-state index in [4.69, 9.17) is 18.9 Å². The smallest absolute Gasteiger partial charge is 0.252 e. The fourth-order valence-corrected chi connectivity index (χ4v) is 5.85. The highest BCUT2D eigenvalue weighted by Crippen LogP contribution is 2.51. The SMILES string of the molecule is CC1(C)O[C@@H]2[C@H](O1)[C@H]1NC(=O)c3cc4c(cc3C1=C(Sc1ccccc1)[C@H]2O)OCO4. The first-order valence-corrected chi connectivity index (χ1v) is 11.0. The van der Waals surface area contributed by atoms with Crippen LogP contribution in [0.4, 0.5) is 0 Å². The van der Waals surface area contributed by atoms with Crippen molar-refractivity contribution in [3.63, 3.8) is 0 Å². The van der Waals surface area contributed by atoms with Crippen molar-refractivity contribution in [2.75, 3.05) is 6.79 Å². The number of nitrogens with one attached hydrogen (secondary N) is 1. The second-order valence-electron chi connectivity index (χ2n) is 8.40. The number of amides is 1. The molecule has 0 aromatic heterocycles. The van der Waals surface area contributed by atoms with E-state index in [1.807, 2.05) is 50.2 Å². The third-order valence-electron chi connectivity index (χ3n) is 5.95. The molecule has 160 valence electrons. The van der Waals surface area contributed by atoms with Gasteiger partial charge in [0, 0.05) is 9.80 Å². The Bertz CT molecular complexity index is 1110. The number of hydrogen-bond acceptors (Lipinski definition) is 7. The van der Waals surface area contributed by atoms with Crippen LogP contribution in [0.1, 0.15) is 29.8 Å². The average molecular weight is 439 g/mol. The van der Waals surface area contributed by atoms with Crippen LogP contribution in [0, 0.1) is 0 Å². The minimum absolute atomic E-state index is 0.117. The van der Waals surface area contributed by atoms with Crippen molar-refractivity contribution in [1.82, 2.24) is 5.32 Å². The number of carbonyl (C=O) groups is 1. The fraction of sp³-hybridized carbons (Fsp3) is 0.348. The van der Waals surface area contributed by atoms with Crippen LogP contribution in [0.15, 0.2) is 52.3 Å². The van der Waals surface area contributed by atoms with Crippen molar-refractivity contribution in [2.24, 2.45) is 0 Å². The zero-order valence-corrected chi connectivity index (χ0v) is 17.8. The Morgan fingerprint density at radius 1 is 1.03 bits per heavy atom. The van der Waals surface area contributed by atoms with Crippen molar-refractivity contribution in [3.05, 3.63) is 58.5 Å². The van der Waals surface area contributed by atoms with Gasteiger partial charge in [0.25, 0.3) is 5.91 Å². The highest BCUT2D eigenvalue weighted by atomic mass is 32.2. The highest BCUT2D eigenvalue weighted by molar-refractivity contribution is 8.03. The molecule has 0 unspecified atom stereocenters. The van der Waals surface area contributed by atoms with Gasteiger partial charge in [0.2, 0.25) is 6.79 Å². The number of fused-ring (bicyclic) bond motifs is 6. The standard InChI is InChI=1S/C23H21NO6S/c1-23(2)29-19-17-16(12-8-14-15(28-10-27-14)9-13(12)22(26)24-17)21(18(25)20(19)30-23)31-11-6-4-3-5-7-11/h3-9,17-20,25H,10H2,1-2H3,(H,24,26)/t17-,18-,19+,20-/m0/s1. The predicted molar refractivity (Wildman–Crippen MR) is 113 cm³/mol. The van der Waals surface area contributed by atoms with Gasteiger partial charge in [0.1, 0.15) is 18.3 Å². The Hall–Kier alpha value is -2.52. The lowest BCUT2D eigenvalue weighted by Gasteiger charge is -2.41. The van der Waals surface area contributed by atoms with Gasteiger partial charge in [0.05, 0.1) is 11.6 Å². The summed E-state index contributed by atoms with van der Waals surface area (Å²) in [5, 5.41) is 14.5. The molecule has 1 fully saturated rings. The summed E-state index contributed by atoms with van der Waals surface area (Å²) in [5.74, 6) is 0.0497. The molecule has 1 aliphatic carbocycles. The minimum Gasteiger partial charge on any atom is -0.454 e. The van der Waals surface area contributed by atoms with E-state index in [9.17, 15) is 9.90 Å². The number of carbonyl (C=O) groups excluding carboxylic acids is 1. The third kappa shape index (κ3) is 2.97. The topological polar surface area (TPSA) is 86.3 Å². The van der Waals surface area contributed by atoms with Crippen molar-refractivity contribution < 1.29 is 28.8 Å². The molecule has 4 atom stereocenters. The zero-order valence-electron chi connectivity index (χ0n) is 17.0. The Labute approximate surface area is 183 Å². The second kappa shape index (κ2) is 6.74. The van der Waals surface area contributed by atoms with E-state index in [-0.39, 0.29) is 12.7 Å². The van der Waals surface area contributed by atoms with E-state index in [0.717, 1.165) is 20.9 Å². The normalized spacial score (nSPS) is 29.8. The Morgan fingerprint density at radius 2 is 1.71 bits per heavy atom. The number of benzene rings is 2. The molecule has 2 aromatic rings. The number of aliphatic hydroxyl groups excluding tert-OH is 1. The predicted octanol–water partition coefficient (Wildman–Crippen LogP) is 2.93. The lowest BCUT2D eigenvalue weighted by atomic mass is 9.79. The Balaban J connectivity index is 1.56. The zero-order chi connectivity index (χ0) is 21.3. The molecule has 4 aliphatic rings. The van der Waals surface area contributed by atoms with Crippen LogP contribution in [-0.4, -0.2) is 47.9 Å². The first kappa shape index (κ1) is 19.2. The number of hydrogen-bond donors (Lipinski definition) is 2. The van der Waals surface area contributed by atoms with Gasteiger partial charge in [-0.2, -0.15) is 0 Å². The summed E-state index contributed by atoms with van der Waals surface area (Å²) in [4.78, 5) is 14.8. The largest absolute Gasteiger partial charge is 0.454 e. The van der Waals surface area contributed by atoms with E-state index < -0.39 is 30.1 Å². The first-order chi connectivity index (χ1) is 14.9. The lowest BCUT2D eigenvalue weighted by molar-refractivity contribution is -0.152. The molecule has 2 N–H and O–H groups in total. The molecular weight excluding hydrogens is 418 g/mol. The molecular formula is C23H21NO6S. The van der Waals surface area contributed by atoms with Crippen LogP contribution < -0.4 is 14.8 Å². The molecule has 6 rings (SSSR count). The van der Waals surface area contributed by atoms with E-state index >= 15 is 0 Å². The lowest BCUT2D eigenvalue weighted by Crippen LogP contribution is -2.57. The molecule has 3 aliphatic heterocycles. The quantitative estimate of drug-likeness (QED) is 0.744. The van der Waals surface area contributed by atoms with E-state index in [1.54, 1.807) is 6.07 Å². The van der Waals surface area contributed by atoms with Crippen LogP contribution >= 0.6 is 11.8 Å². The third-order valence-corrected chi connectivity index (χ3v) is 7.14.